The highest BCUT2D eigenvalue weighted by atomic mass is 32.1. The molecule has 0 aromatic heterocycles. The molecule has 0 unspecified atom stereocenters. The van der Waals surface area contributed by atoms with E-state index < -0.39 is 0 Å². The average molecular weight is 302 g/mol. The molecule has 0 aliphatic rings. The molecular formula is C16H15FN2OS. The molecule has 0 heterocycles. The van der Waals surface area contributed by atoms with Crippen molar-refractivity contribution in [2.45, 2.75) is 13.8 Å². The number of carbonyl (C=O) groups is 1. The quantitative estimate of drug-likeness (QED) is 0.855. The molecule has 0 aliphatic carbocycles. The van der Waals surface area contributed by atoms with Gasteiger partial charge in [0.1, 0.15) is 10.8 Å². The van der Waals surface area contributed by atoms with Crippen LogP contribution in [0.1, 0.15) is 27.0 Å². The first-order valence-corrected chi connectivity index (χ1v) is 6.78. The highest BCUT2D eigenvalue weighted by Gasteiger charge is 2.13. The first kappa shape index (κ1) is 15.1. The third-order valence-electron chi connectivity index (χ3n) is 3.19. The summed E-state index contributed by atoms with van der Waals surface area (Å²) in [4.78, 5) is 12.5. The maximum absolute atomic E-state index is 13.2. The maximum atomic E-state index is 13.2. The predicted molar refractivity (Wildman–Crippen MR) is 86.2 cm³/mol. The van der Waals surface area contributed by atoms with Gasteiger partial charge in [0.15, 0.2) is 0 Å². The Hall–Kier alpha value is -2.27. The Kier molecular flexibility index (Phi) is 4.33. The van der Waals surface area contributed by atoms with Crippen molar-refractivity contribution in [1.82, 2.24) is 0 Å². The Morgan fingerprint density at radius 2 is 1.90 bits per heavy atom. The largest absolute Gasteiger partial charge is 0.389 e. The van der Waals surface area contributed by atoms with Crippen molar-refractivity contribution in [2.75, 3.05) is 5.32 Å². The number of nitrogens with two attached hydrogens (primary N) is 1. The van der Waals surface area contributed by atoms with Gasteiger partial charge in [0.25, 0.3) is 5.91 Å². The lowest BCUT2D eigenvalue weighted by molar-refractivity contribution is 0.102. The Balaban J connectivity index is 2.34. The molecule has 5 heteroatoms. The molecule has 3 N–H and O–H groups in total. The minimum Gasteiger partial charge on any atom is -0.389 e. The molecule has 0 atom stereocenters. The van der Waals surface area contributed by atoms with Gasteiger partial charge in [-0.25, -0.2) is 4.39 Å². The van der Waals surface area contributed by atoms with Crippen LogP contribution in [0.4, 0.5) is 10.1 Å². The van der Waals surface area contributed by atoms with Crippen LogP contribution in [-0.4, -0.2) is 10.9 Å². The van der Waals surface area contributed by atoms with E-state index in [9.17, 15) is 9.18 Å². The molecule has 0 saturated carbocycles. The molecule has 0 saturated heterocycles. The molecule has 0 fully saturated rings. The zero-order chi connectivity index (χ0) is 15.6. The molecule has 2 aromatic carbocycles. The number of hydrogen-bond acceptors (Lipinski definition) is 2. The number of thiocarbonyl (C=S) groups is 1. The molecule has 3 nitrogen and oxygen atoms in total. The Labute approximate surface area is 128 Å². The summed E-state index contributed by atoms with van der Waals surface area (Å²) in [6.07, 6.45) is 0. The van der Waals surface area contributed by atoms with Gasteiger partial charge in [0.2, 0.25) is 0 Å². The molecule has 0 aliphatic heterocycles. The third-order valence-corrected chi connectivity index (χ3v) is 3.39. The Morgan fingerprint density at radius 1 is 1.19 bits per heavy atom. The van der Waals surface area contributed by atoms with E-state index in [-0.39, 0.29) is 16.7 Å². The van der Waals surface area contributed by atoms with Crippen LogP contribution < -0.4 is 11.1 Å². The Morgan fingerprint density at radius 3 is 2.52 bits per heavy atom. The van der Waals surface area contributed by atoms with E-state index in [1.807, 2.05) is 19.1 Å². The van der Waals surface area contributed by atoms with Crippen molar-refractivity contribution in [3.05, 3.63) is 64.5 Å². The summed E-state index contributed by atoms with van der Waals surface area (Å²) in [7, 11) is 0. The van der Waals surface area contributed by atoms with E-state index >= 15 is 0 Å². The van der Waals surface area contributed by atoms with Gasteiger partial charge in [-0.15, -0.1) is 0 Å². The Bertz CT molecular complexity index is 728. The molecule has 0 bridgehead atoms. The monoisotopic (exact) mass is 302 g/mol. The average Bonchev–Trinajstić information content (AvgIpc) is 2.41. The van der Waals surface area contributed by atoms with Gasteiger partial charge in [-0.1, -0.05) is 24.4 Å². The van der Waals surface area contributed by atoms with E-state index in [4.69, 9.17) is 18.0 Å². The lowest BCUT2D eigenvalue weighted by Crippen LogP contribution is -2.18. The normalized spacial score (nSPS) is 10.2. The van der Waals surface area contributed by atoms with Crippen LogP contribution in [0, 0.1) is 19.7 Å². The summed E-state index contributed by atoms with van der Waals surface area (Å²) in [5.41, 5.74) is 8.58. The summed E-state index contributed by atoms with van der Waals surface area (Å²) in [5, 5.41) is 2.77. The van der Waals surface area contributed by atoms with Crippen LogP contribution >= 0.6 is 12.2 Å². The summed E-state index contributed by atoms with van der Waals surface area (Å²) in [6, 6.07) is 9.62. The summed E-state index contributed by atoms with van der Waals surface area (Å²) in [5.74, 6) is -0.674. The van der Waals surface area contributed by atoms with E-state index in [2.05, 4.69) is 5.32 Å². The van der Waals surface area contributed by atoms with Gasteiger partial charge in [-0.2, -0.15) is 0 Å². The van der Waals surface area contributed by atoms with Crippen molar-refractivity contribution >= 4 is 28.8 Å². The van der Waals surface area contributed by atoms with Crippen molar-refractivity contribution in [2.24, 2.45) is 5.73 Å². The molecule has 2 aromatic rings. The van der Waals surface area contributed by atoms with Crippen LogP contribution in [-0.2, 0) is 0 Å². The fourth-order valence-corrected chi connectivity index (χ4v) is 2.35. The number of amides is 1. The number of nitrogens with one attached hydrogen (secondary N) is 1. The minimum atomic E-state index is -0.342. The predicted octanol–water partition coefficient (Wildman–Crippen LogP) is 3.33. The number of aryl methyl sites for hydroxylation is 2. The van der Waals surface area contributed by atoms with Crippen molar-refractivity contribution in [1.29, 1.82) is 0 Å². The highest BCUT2D eigenvalue weighted by Crippen LogP contribution is 2.20. The number of hydrogen-bond donors (Lipinski definition) is 2. The zero-order valence-electron chi connectivity index (χ0n) is 11.7. The van der Waals surface area contributed by atoms with Gasteiger partial charge in [-0.05, 0) is 49.2 Å². The summed E-state index contributed by atoms with van der Waals surface area (Å²) in [6.45, 7) is 3.48. The highest BCUT2D eigenvalue weighted by molar-refractivity contribution is 7.80. The van der Waals surface area contributed by atoms with E-state index in [0.717, 1.165) is 5.56 Å². The third kappa shape index (κ3) is 3.25. The van der Waals surface area contributed by atoms with Crippen molar-refractivity contribution < 1.29 is 9.18 Å². The number of benzene rings is 2. The van der Waals surface area contributed by atoms with Crippen LogP contribution in [0.15, 0.2) is 36.4 Å². The maximum Gasteiger partial charge on any atom is 0.255 e. The van der Waals surface area contributed by atoms with Crippen LogP contribution in [0.25, 0.3) is 0 Å². The fourth-order valence-electron chi connectivity index (χ4n) is 2.08. The minimum absolute atomic E-state index is 0.221. The van der Waals surface area contributed by atoms with E-state index in [0.29, 0.717) is 22.4 Å². The molecule has 2 rings (SSSR count). The lowest BCUT2D eigenvalue weighted by atomic mass is 10.1. The molecule has 0 spiro atoms. The molecule has 21 heavy (non-hydrogen) atoms. The number of anilines is 1. The number of rotatable bonds is 3. The van der Waals surface area contributed by atoms with Crippen LogP contribution in [0.3, 0.4) is 0 Å². The molecule has 1 amide bonds. The molecule has 0 radical (unpaired) electrons. The van der Waals surface area contributed by atoms with Crippen LogP contribution in [0.2, 0.25) is 0 Å². The first-order chi connectivity index (χ1) is 9.90. The van der Waals surface area contributed by atoms with Crippen molar-refractivity contribution in [3.8, 4) is 0 Å². The summed E-state index contributed by atoms with van der Waals surface area (Å²) >= 11 is 5.02. The second kappa shape index (κ2) is 6.01. The summed E-state index contributed by atoms with van der Waals surface area (Å²) < 4.78 is 13.2. The van der Waals surface area contributed by atoms with E-state index in [1.165, 1.54) is 18.2 Å². The van der Waals surface area contributed by atoms with E-state index in [1.54, 1.807) is 13.0 Å². The lowest BCUT2D eigenvalue weighted by Gasteiger charge is -2.13. The molecule has 108 valence electrons. The van der Waals surface area contributed by atoms with Gasteiger partial charge in [0, 0.05) is 11.1 Å². The first-order valence-electron chi connectivity index (χ1n) is 6.37. The second-order valence-corrected chi connectivity index (χ2v) is 5.22. The van der Waals surface area contributed by atoms with Gasteiger partial charge in [-0.3, -0.25) is 4.79 Å². The molecular weight excluding hydrogens is 287 g/mol. The van der Waals surface area contributed by atoms with Crippen molar-refractivity contribution in [3.63, 3.8) is 0 Å². The smallest absolute Gasteiger partial charge is 0.255 e. The SMILES string of the molecule is Cc1cc(C(=O)Nc2cccc(C)c2C(N)=S)ccc1F. The topological polar surface area (TPSA) is 55.1 Å². The second-order valence-electron chi connectivity index (χ2n) is 4.78. The van der Waals surface area contributed by atoms with Gasteiger partial charge in [0.05, 0.1) is 5.69 Å². The standard InChI is InChI=1S/C16H15FN2OS/c1-9-4-3-5-13(14(9)15(18)21)19-16(20)11-6-7-12(17)10(2)8-11/h3-8H,1-2H3,(H2,18,21)(H,19,20). The van der Waals surface area contributed by atoms with Gasteiger partial charge < -0.3 is 11.1 Å². The zero-order valence-corrected chi connectivity index (χ0v) is 12.6. The number of halogens is 1. The van der Waals surface area contributed by atoms with Crippen LogP contribution in [0.5, 0.6) is 0 Å². The fraction of sp³-hybridized carbons (Fsp3) is 0.125. The number of carbonyl (C=O) groups excluding carboxylic acids is 1. The van der Waals surface area contributed by atoms with Gasteiger partial charge >= 0.3 is 0 Å².